The van der Waals surface area contributed by atoms with E-state index in [9.17, 15) is 19.2 Å². The van der Waals surface area contributed by atoms with Crippen LogP contribution in [-0.2, 0) is 63.9 Å². The van der Waals surface area contributed by atoms with Crippen LogP contribution in [-0.4, -0.2) is 54.8 Å². The van der Waals surface area contributed by atoms with Crippen molar-refractivity contribution in [2.45, 2.75) is 23.3 Å². The molecule has 0 amide bonds. The average molecular weight is 410 g/mol. The topological polar surface area (TPSA) is 149 Å². The third kappa shape index (κ3) is 26.4. The van der Waals surface area contributed by atoms with Crippen LogP contribution in [0.2, 0.25) is 0 Å². The van der Waals surface area contributed by atoms with Crippen molar-refractivity contribution in [1.29, 1.82) is 0 Å². The minimum absolute atomic E-state index is 0. The number of hydrogen-bond acceptors (Lipinski definition) is 6. The maximum absolute atomic E-state index is 9.87. The Morgan fingerprint density at radius 1 is 0.714 bits per heavy atom. The van der Waals surface area contributed by atoms with E-state index in [1.54, 1.807) is 0 Å². The fourth-order valence-corrected chi connectivity index (χ4v) is 0.777. The van der Waals surface area contributed by atoms with Crippen LogP contribution < -0.4 is 59.1 Å². The predicted octanol–water partition coefficient (Wildman–Crippen LogP) is -7.07. The Bertz CT molecular complexity index is 312. The van der Waals surface area contributed by atoms with Crippen molar-refractivity contribution in [3.8, 4) is 0 Å². The summed E-state index contributed by atoms with van der Waals surface area (Å²) >= 11 is 8.51. The summed E-state index contributed by atoms with van der Waals surface area (Å²) in [5.74, 6) is -4.88. The first-order valence-corrected chi connectivity index (χ1v) is 5.23. The van der Waals surface area contributed by atoms with E-state index in [1.807, 2.05) is 0 Å². The number of carbonyl (C=O) groups is 4. The van der Waals surface area contributed by atoms with Crippen LogP contribution in [0.3, 0.4) is 0 Å². The zero-order chi connectivity index (χ0) is 14.9. The van der Waals surface area contributed by atoms with Gasteiger partial charge in [-0.05, 0) is 0 Å². The van der Waals surface area contributed by atoms with Gasteiger partial charge in [0.25, 0.3) is 11.9 Å². The van der Waals surface area contributed by atoms with Crippen LogP contribution in [0, 0.1) is 0 Å². The van der Waals surface area contributed by atoms with Gasteiger partial charge < -0.3 is 45.7 Å². The number of carboxylic acids is 4. The van der Waals surface area contributed by atoms with Gasteiger partial charge in [-0.15, -0.1) is 0 Å². The number of carboxylic acid groups (broad SMARTS) is 4. The van der Waals surface area contributed by atoms with Crippen molar-refractivity contribution in [1.82, 2.24) is 0 Å². The SMILES string of the molecule is O=C(O)CC([S-])C(=O)O.O=C(O)CC([S-])C(=O)O.[Na+].[Na+].[Zn]. The average Bonchev–Trinajstić information content (AvgIpc) is 2.16. The Morgan fingerprint density at radius 3 is 0.952 bits per heavy atom. The molecule has 0 saturated carbocycles. The fraction of sp³-hybridized carbons (Fsp3) is 0.500. The molecule has 0 saturated heterocycles. The molecule has 13 heteroatoms. The van der Waals surface area contributed by atoms with Crippen LogP contribution in [0.1, 0.15) is 12.8 Å². The molecule has 2 atom stereocenters. The van der Waals surface area contributed by atoms with E-state index in [4.69, 9.17) is 20.4 Å². The molecule has 0 aromatic heterocycles. The molecule has 4 N–H and O–H groups in total. The molecule has 0 aliphatic heterocycles. The molecule has 0 radical (unpaired) electrons. The maximum Gasteiger partial charge on any atom is 1.00 e. The number of hydrogen-bond donors (Lipinski definition) is 4. The normalized spacial score (nSPS) is 10.8. The van der Waals surface area contributed by atoms with Crippen molar-refractivity contribution >= 4 is 49.1 Å². The summed E-state index contributed by atoms with van der Waals surface area (Å²) in [4.78, 5) is 39.3. The molecular formula is C8H10Na2O8S2Zn. The van der Waals surface area contributed by atoms with Crippen LogP contribution in [0.15, 0.2) is 0 Å². The molecule has 8 nitrogen and oxygen atoms in total. The van der Waals surface area contributed by atoms with Gasteiger partial charge in [0, 0.05) is 32.3 Å². The molecule has 21 heavy (non-hydrogen) atoms. The van der Waals surface area contributed by atoms with Crippen molar-refractivity contribution in [2.24, 2.45) is 0 Å². The second-order valence-electron chi connectivity index (χ2n) is 2.85. The molecule has 0 fully saturated rings. The van der Waals surface area contributed by atoms with Crippen molar-refractivity contribution in [2.75, 3.05) is 0 Å². The summed E-state index contributed by atoms with van der Waals surface area (Å²) in [5.41, 5.74) is 0. The summed E-state index contributed by atoms with van der Waals surface area (Å²) < 4.78 is 0. The molecule has 0 rings (SSSR count). The van der Waals surface area contributed by atoms with Gasteiger partial charge in [0.15, 0.2) is 0 Å². The monoisotopic (exact) mass is 408 g/mol. The molecule has 0 aliphatic rings. The van der Waals surface area contributed by atoms with Crippen molar-refractivity contribution < 1.29 is 118 Å². The van der Waals surface area contributed by atoms with Gasteiger partial charge in [-0.3, -0.25) is 19.2 Å². The van der Waals surface area contributed by atoms with Crippen LogP contribution >= 0.6 is 0 Å². The predicted molar refractivity (Wildman–Crippen MR) is 62.1 cm³/mol. The molecule has 0 heterocycles. The summed E-state index contributed by atoms with van der Waals surface area (Å²) in [5, 5.41) is 29.7. The number of rotatable bonds is 6. The van der Waals surface area contributed by atoms with Gasteiger partial charge in [-0.25, -0.2) is 0 Å². The van der Waals surface area contributed by atoms with E-state index < -0.39 is 47.2 Å². The Morgan fingerprint density at radius 2 is 0.905 bits per heavy atom. The molecular weight excluding hydrogens is 400 g/mol. The van der Waals surface area contributed by atoms with Gasteiger partial charge in [-0.2, -0.15) is 0 Å². The smallest absolute Gasteiger partial charge is 0.778 e. The van der Waals surface area contributed by atoms with Crippen LogP contribution in [0.4, 0.5) is 0 Å². The first kappa shape index (κ1) is 33.7. The van der Waals surface area contributed by atoms with Gasteiger partial charge in [0.2, 0.25) is 0 Å². The second kappa shape index (κ2) is 19.3. The first-order chi connectivity index (χ1) is 8.07. The molecule has 0 aromatic rings. The molecule has 0 spiro atoms. The van der Waals surface area contributed by atoms with E-state index in [0.717, 1.165) is 0 Å². The standard InChI is InChI=1S/2C4H6O4S.2Na.Zn/c2*5-3(6)1-2(9)4(7)8;;;/h2*2,9H,1H2,(H,5,6)(H,7,8);;;/q;;2*+1;/p-2. The Hall–Kier alpha value is 1.20. The second-order valence-corrected chi connectivity index (χ2v) is 3.99. The Labute approximate surface area is 188 Å². The minimum atomic E-state index is -1.26. The minimum Gasteiger partial charge on any atom is -0.778 e. The summed E-state index contributed by atoms with van der Waals surface area (Å²) in [6.07, 6.45) is -0.991. The first-order valence-electron chi connectivity index (χ1n) is 4.28. The summed E-state index contributed by atoms with van der Waals surface area (Å²) in [6, 6.07) is 0. The van der Waals surface area contributed by atoms with E-state index in [0.29, 0.717) is 0 Å². The molecule has 0 aliphatic carbocycles. The zero-order valence-corrected chi connectivity index (χ0v) is 20.1. The zero-order valence-electron chi connectivity index (χ0n) is 11.5. The molecule has 2 unspecified atom stereocenters. The van der Waals surface area contributed by atoms with Crippen molar-refractivity contribution in [3.63, 3.8) is 0 Å². The van der Waals surface area contributed by atoms with E-state index >= 15 is 0 Å². The molecule has 0 bridgehead atoms. The van der Waals surface area contributed by atoms with E-state index in [1.165, 1.54) is 0 Å². The quantitative estimate of drug-likeness (QED) is 0.246. The van der Waals surface area contributed by atoms with Gasteiger partial charge in [0.05, 0.1) is 0 Å². The maximum atomic E-state index is 9.87. The van der Waals surface area contributed by atoms with E-state index in [2.05, 4.69) is 25.3 Å². The summed E-state index contributed by atoms with van der Waals surface area (Å²) in [6.45, 7) is 0. The van der Waals surface area contributed by atoms with Crippen LogP contribution in [0.25, 0.3) is 0 Å². The van der Waals surface area contributed by atoms with Gasteiger partial charge >= 0.3 is 71.1 Å². The van der Waals surface area contributed by atoms with Crippen molar-refractivity contribution in [3.05, 3.63) is 0 Å². The third-order valence-corrected chi connectivity index (χ3v) is 2.01. The van der Waals surface area contributed by atoms with Gasteiger partial charge in [0.1, 0.15) is 0 Å². The molecule has 106 valence electrons. The summed E-state index contributed by atoms with van der Waals surface area (Å²) in [7, 11) is 0. The van der Waals surface area contributed by atoms with Gasteiger partial charge in [-0.1, -0.05) is 10.5 Å². The Balaban J connectivity index is -0.0000000711. The third-order valence-electron chi connectivity index (χ3n) is 1.27. The number of aliphatic carboxylic acids is 4. The fourth-order valence-electron chi connectivity index (χ4n) is 0.492. The van der Waals surface area contributed by atoms with Crippen LogP contribution in [0.5, 0.6) is 0 Å². The van der Waals surface area contributed by atoms with E-state index in [-0.39, 0.29) is 78.6 Å². The largest absolute Gasteiger partial charge is 1.00 e. The Kier molecular flexibility index (Phi) is 30.9. The molecule has 0 aromatic carbocycles.